The summed E-state index contributed by atoms with van der Waals surface area (Å²) >= 11 is 6.09. The summed E-state index contributed by atoms with van der Waals surface area (Å²) in [5, 5.41) is 0.770. The molecule has 0 bridgehead atoms. The van der Waals surface area contributed by atoms with Crippen molar-refractivity contribution >= 4 is 17.5 Å². The molecule has 2 rings (SSSR count). The second kappa shape index (κ2) is 4.58. The molecule has 3 nitrogen and oxygen atoms in total. The maximum absolute atomic E-state index is 6.09. The molecule has 0 fully saturated rings. The molecule has 1 aromatic heterocycles. The highest BCUT2D eigenvalue weighted by Gasteiger charge is 2.06. The summed E-state index contributed by atoms with van der Waals surface area (Å²) in [4.78, 5) is 4.30. The van der Waals surface area contributed by atoms with Crippen LogP contribution < -0.4 is 5.73 Å². The van der Waals surface area contributed by atoms with E-state index in [9.17, 15) is 0 Å². The van der Waals surface area contributed by atoms with Gasteiger partial charge in [-0.3, -0.25) is 0 Å². The predicted octanol–water partition coefficient (Wildman–Crippen LogP) is 2.73. The van der Waals surface area contributed by atoms with E-state index in [0.717, 1.165) is 29.2 Å². The fourth-order valence-electron chi connectivity index (χ4n) is 1.66. The van der Waals surface area contributed by atoms with Crippen molar-refractivity contribution in [3.63, 3.8) is 0 Å². The number of hydrogen-bond donors (Lipinski definition) is 1. The number of aryl methyl sites for hydroxylation is 1. The quantitative estimate of drug-likeness (QED) is 0.889. The fraction of sp³-hybridized carbons (Fsp3) is 0.250. The molecule has 1 aromatic carbocycles. The van der Waals surface area contributed by atoms with Crippen LogP contribution in [0.15, 0.2) is 30.5 Å². The van der Waals surface area contributed by atoms with E-state index < -0.39 is 0 Å². The van der Waals surface area contributed by atoms with E-state index in [4.69, 9.17) is 17.3 Å². The van der Waals surface area contributed by atoms with E-state index in [1.807, 2.05) is 42.0 Å². The van der Waals surface area contributed by atoms with Crippen LogP contribution >= 0.6 is 11.6 Å². The van der Waals surface area contributed by atoms with Crippen molar-refractivity contribution < 1.29 is 0 Å². The number of hydrogen-bond acceptors (Lipinski definition) is 2. The minimum Gasteiger partial charge on any atom is -0.369 e. The number of imidazole rings is 1. The summed E-state index contributed by atoms with van der Waals surface area (Å²) in [5.41, 5.74) is 7.79. The van der Waals surface area contributed by atoms with E-state index in [1.165, 1.54) is 0 Å². The zero-order chi connectivity index (χ0) is 11.5. The fourth-order valence-corrected chi connectivity index (χ4v) is 1.86. The van der Waals surface area contributed by atoms with Gasteiger partial charge in [0.25, 0.3) is 0 Å². The van der Waals surface area contributed by atoms with Crippen LogP contribution in [-0.4, -0.2) is 9.55 Å². The molecular weight excluding hydrogens is 222 g/mol. The molecule has 2 N–H and O–H groups in total. The molecular formula is C12H14ClN3. The average Bonchev–Trinajstić information content (AvgIpc) is 2.62. The number of benzene rings is 1. The molecule has 0 aliphatic heterocycles. The van der Waals surface area contributed by atoms with Gasteiger partial charge in [0.05, 0.1) is 5.69 Å². The molecule has 16 heavy (non-hydrogen) atoms. The van der Waals surface area contributed by atoms with Gasteiger partial charge in [0.2, 0.25) is 0 Å². The summed E-state index contributed by atoms with van der Waals surface area (Å²) < 4.78 is 1.92. The largest absolute Gasteiger partial charge is 0.369 e. The molecule has 4 heteroatoms. The van der Waals surface area contributed by atoms with Crippen molar-refractivity contribution in [1.82, 2.24) is 9.55 Å². The van der Waals surface area contributed by atoms with Crippen LogP contribution in [0, 0.1) is 0 Å². The summed E-state index contributed by atoms with van der Waals surface area (Å²) in [7, 11) is 0. The molecule has 0 unspecified atom stereocenters. The SMILES string of the molecule is CCn1cc(Cc2ccccc2Cl)nc1N. The highest BCUT2D eigenvalue weighted by Crippen LogP contribution is 2.19. The summed E-state index contributed by atoms with van der Waals surface area (Å²) in [5.74, 6) is 0.560. The van der Waals surface area contributed by atoms with E-state index in [-0.39, 0.29) is 0 Å². The summed E-state index contributed by atoms with van der Waals surface area (Å²) in [6.07, 6.45) is 2.69. The molecule has 2 aromatic rings. The standard InChI is InChI=1S/C12H14ClN3/c1-2-16-8-10(15-12(16)14)7-9-5-3-4-6-11(9)13/h3-6,8H,2,7H2,1H3,(H2,14,15). The Morgan fingerprint density at radius 2 is 2.12 bits per heavy atom. The van der Waals surface area contributed by atoms with Gasteiger partial charge in [-0.1, -0.05) is 29.8 Å². The van der Waals surface area contributed by atoms with Gasteiger partial charge in [-0.05, 0) is 18.6 Å². The van der Waals surface area contributed by atoms with E-state index in [1.54, 1.807) is 0 Å². The van der Waals surface area contributed by atoms with Gasteiger partial charge in [0.1, 0.15) is 0 Å². The van der Waals surface area contributed by atoms with Crippen LogP contribution in [0.2, 0.25) is 5.02 Å². The third-order valence-electron chi connectivity index (χ3n) is 2.53. The van der Waals surface area contributed by atoms with Crippen LogP contribution in [0.5, 0.6) is 0 Å². The Labute approximate surface area is 99.9 Å². The van der Waals surface area contributed by atoms with Crippen LogP contribution in [0.1, 0.15) is 18.2 Å². The first-order valence-electron chi connectivity index (χ1n) is 5.25. The van der Waals surface area contributed by atoms with Crippen molar-refractivity contribution in [2.75, 3.05) is 5.73 Å². The zero-order valence-electron chi connectivity index (χ0n) is 9.15. The normalized spacial score (nSPS) is 10.6. The lowest BCUT2D eigenvalue weighted by Crippen LogP contribution is -1.98. The molecule has 0 aliphatic rings. The second-order valence-electron chi connectivity index (χ2n) is 3.64. The number of anilines is 1. The number of nitrogen functional groups attached to an aromatic ring is 1. The van der Waals surface area contributed by atoms with E-state index >= 15 is 0 Å². The average molecular weight is 236 g/mol. The van der Waals surface area contributed by atoms with Crippen molar-refractivity contribution in [3.8, 4) is 0 Å². The van der Waals surface area contributed by atoms with Crippen LogP contribution in [-0.2, 0) is 13.0 Å². The van der Waals surface area contributed by atoms with Gasteiger partial charge in [-0.15, -0.1) is 0 Å². The minimum atomic E-state index is 0.560. The van der Waals surface area contributed by atoms with Gasteiger partial charge in [0.15, 0.2) is 5.95 Å². The number of rotatable bonds is 3. The molecule has 84 valence electrons. The maximum Gasteiger partial charge on any atom is 0.200 e. The third kappa shape index (κ3) is 2.19. The molecule has 0 atom stereocenters. The molecule has 0 saturated heterocycles. The molecule has 0 spiro atoms. The van der Waals surface area contributed by atoms with Gasteiger partial charge in [0, 0.05) is 24.2 Å². The van der Waals surface area contributed by atoms with Crippen LogP contribution in [0.3, 0.4) is 0 Å². The Morgan fingerprint density at radius 3 is 2.75 bits per heavy atom. The number of nitrogens with two attached hydrogens (primary N) is 1. The molecule has 0 saturated carbocycles. The highest BCUT2D eigenvalue weighted by molar-refractivity contribution is 6.31. The maximum atomic E-state index is 6.09. The summed E-state index contributed by atoms with van der Waals surface area (Å²) in [6.45, 7) is 2.87. The Kier molecular flexibility index (Phi) is 3.15. The smallest absolute Gasteiger partial charge is 0.200 e. The Balaban J connectivity index is 2.24. The molecule has 0 amide bonds. The minimum absolute atomic E-state index is 0.560. The van der Waals surface area contributed by atoms with Crippen molar-refractivity contribution in [3.05, 3.63) is 46.7 Å². The van der Waals surface area contributed by atoms with E-state index in [0.29, 0.717) is 5.95 Å². The first-order valence-corrected chi connectivity index (χ1v) is 5.63. The zero-order valence-corrected chi connectivity index (χ0v) is 9.91. The molecule has 0 aliphatic carbocycles. The lowest BCUT2D eigenvalue weighted by Gasteiger charge is -2.00. The van der Waals surface area contributed by atoms with Gasteiger partial charge in [-0.2, -0.15) is 0 Å². The number of aromatic nitrogens is 2. The van der Waals surface area contributed by atoms with Gasteiger partial charge in [-0.25, -0.2) is 4.98 Å². The predicted molar refractivity (Wildman–Crippen MR) is 66.6 cm³/mol. The summed E-state index contributed by atoms with van der Waals surface area (Å²) in [6, 6.07) is 7.78. The molecule has 0 radical (unpaired) electrons. The third-order valence-corrected chi connectivity index (χ3v) is 2.90. The number of halogens is 1. The lowest BCUT2D eigenvalue weighted by atomic mass is 10.1. The highest BCUT2D eigenvalue weighted by atomic mass is 35.5. The van der Waals surface area contributed by atoms with Crippen LogP contribution in [0.25, 0.3) is 0 Å². The van der Waals surface area contributed by atoms with Gasteiger partial charge >= 0.3 is 0 Å². The Morgan fingerprint density at radius 1 is 1.38 bits per heavy atom. The Bertz CT molecular complexity index is 491. The van der Waals surface area contributed by atoms with Crippen molar-refractivity contribution in [1.29, 1.82) is 0 Å². The lowest BCUT2D eigenvalue weighted by molar-refractivity contribution is 0.773. The monoisotopic (exact) mass is 235 g/mol. The van der Waals surface area contributed by atoms with E-state index in [2.05, 4.69) is 4.98 Å². The number of nitrogens with zero attached hydrogens (tertiary/aromatic N) is 2. The first kappa shape index (κ1) is 11.0. The molecule has 1 heterocycles. The van der Waals surface area contributed by atoms with Crippen LogP contribution in [0.4, 0.5) is 5.95 Å². The van der Waals surface area contributed by atoms with Gasteiger partial charge < -0.3 is 10.3 Å². The topological polar surface area (TPSA) is 43.8 Å². The second-order valence-corrected chi connectivity index (χ2v) is 4.05. The first-order chi connectivity index (χ1) is 7.70. The van der Waals surface area contributed by atoms with Crippen molar-refractivity contribution in [2.24, 2.45) is 0 Å². The Hall–Kier alpha value is -1.48. The van der Waals surface area contributed by atoms with Crippen molar-refractivity contribution in [2.45, 2.75) is 19.9 Å².